The van der Waals surface area contributed by atoms with Gasteiger partial charge in [0.15, 0.2) is 0 Å². The van der Waals surface area contributed by atoms with Crippen LogP contribution in [-0.4, -0.2) is 13.7 Å². The van der Waals surface area contributed by atoms with Crippen LogP contribution in [0.3, 0.4) is 0 Å². The maximum atomic E-state index is 4.94. The molecule has 20 heavy (non-hydrogen) atoms. The van der Waals surface area contributed by atoms with Gasteiger partial charge >= 0.3 is 0 Å². The molecule has 0 aromatic rings. The van der Waals surface area contributed by atoms with Crippen LogP contribution in [0.5, 0.6) is 0 Å². The molecule has 0 fully saturated rings. The van der Waals surface area contributed by atoms with Crippen molar-refractivity contribution in [3.63, 3.8) is 0 Å². The van der Waals surface area contributed by atoms with Gasteiger partial charge in [0.2, 0.25) is 0 Å². The lowest BCUT2D eigenvalue weighted by Crippen LogP contribution is -1.81. The fraction of sp³-hybridized carbons (Fsp3) is 0.684. The third-order valence-corrected chi connectivity index (χ3v) is 2.36. The van der Waals surface area contributed by atoms with Gasteiger partial charge in [-0.15, -0.1) is 0 Å². The largest absolute Gasteiger partial charge is 0.381 e. The van der Waals surface area contributed by atoms with Crippen molar-refractivity contribution < 1.29 is 4.74 Å². The SMILES string of the molecule is CC.CC.CC/C=C/CC/C=C(\C)CC/C=C/COC. The molecule has 0 saturated carbocycles. The predicted molar refractivity (Wildman–Crippen MR) is 95.4 cm³/mol. The number of rotatable bonds is 9. The molecule has 120 valence electrons. The predicted octanol–water partition coefficient (Wildman–Crippen LogP) is 6.71. The molecule has 0 spiro atoms. The van der Waals surface area contributed by atoms with Crippen molar-refractivity contribution in [2.75, 3.05) is 13.7 Å². The maximum absolute atomic E-state index is 4.94. The van der Waals surface area contributed by atoms with E-state index in [1.165, 1.54) is 18.4 Å². The summed E-state index contributed by atoms with van der Waals surface area (Å²) in [5, 5.41) is 0. The number of unbranched alkanes of at least 4 members (excludes halogenated alkanes) is 1. The average molecular weight is 283 g/mol. The molecule has 0 rings (SSSR count). The molecule has 0 bridgehead atoms. The summed E-state index contributed by atoms with van der Waals surface area (Å²) in [7, 11) is 1.72. The molecule has 0 aliphatic rings. The van der Waals surface area contributed by atoms with Gasteiger partial charge in [-0.05, 0) is 39.0 Å². The fourth-order valence-corrected chi connectivity index (χ4v) is 1.41. The second-order valence-corrected chi connectivity index (χ2v) is 3.97. The first-order valence-corrected chi connectivity index (χ1v) is 8.25. The van der Waals surface area contributed by atoms with E-state index in [2.05, 4.69) is 44.2 Å². The van der Waals surface area contributed by atoms with Gasteiger partial charge in [0.1, 0.15) is 0 Å². The molecule has 0 aromatic heterocycles. The summed E-state index contributed by atoms with van der Waals surface area (Å²) in [5.41, 5.74) is 1.49. The monoisotopic (exact) mass is 282 g/mol. The Morgan fingerprint density at radius 2 is 1.45 bits per heavy atom. The van der Waals surface area contributed by atoms with Crippen molar-refractivity contribution in [3.05, 3.63) is 36.0 Å². The number of allylic oxidation sites excluding steroid dienone is 5. The van der Waals surface area contributed by atoms with E-state index in [0.717, 1.165) is 25.9 Å². The highest BCUT2D eigenvalue weighted by Gasteiger charge is 1.87. The molecule has 0 aromatic carbocycles. The molecule has 0 atom stereocenters. The summed E-state index contributed by atoms with van der Waals surface area (Å²) in [6.07, 6.45) is 16.9. The van der Waals surface area contributed by atoms with Crippen LogP contribution in [0.15, 0.2) is 36.0 Å². The lowest BCUT2D eigenvalue weighted by atomic mass is 10.1. The van der Waals surface area contributed by atoms with E-state index in [0.29, 0.717) is 0 Å². The van der Waals surface area contributed by atoms with E-state index in [1.54, 1.807) is 7.11 Å². The summed E-state index contributed by atoms with van der Waals surface area (Å²) >= 11 is 0. The van der Waals surface area contributed by atoms with E-state index in [4.69, 9.17) is 4.74 Å². The fourth-order valence-electron chi connectivity index (χ4n) is 1.41. The minimum atomic E-state index is 0.727. The van der Waals surface area contributed by atoms with Crippen molar-refractivity contribution >= 4 is 0 Å². The zero-order chi connectivity index (χ0) is 16.1. The van der Waals surface area contributed by atoms with Gasteiger partial charge in [-0.25, -0.2) is 0 Å². The number of ether oxygens (including phenoxy) is 1. The van der Waals surface area contributed by atoms with Crippen molar-refractivity contribution in [3.8, 4) is 0 Å². The van der Waals surface area contributed by atoms with Crippen LogP contribution >= 0.6 is 0 Å². The van der Waals surface area contributed by atoms with Crippen LogP contribution in [0.4, 0.5) is 0 Å². The lowest BCUT2D eigenvalue weighted by molar-refractivity contribution is 0.233. The van der Waals surface area contributed by atoms with Crippen LogP contribution in [0.2, 0.25) is 0 Å². The number of methoxy groups -OCH3 is 1. The zero-order valence-electron chi connectivity index (χ0n) is 15.0. The molecule has 1 nitrogen and oxygen atoms in total. The molecule has 0 heterocycles. The van der Waals surface area contributed by atoms with Crippen molar-refractivity contribution in [2.45, 2.75) is 73.6 Å². The molecule has 0 aliphatic carbocycles. The maximum Gasteiger partial charge on any atom is 0.0643 e. The van der Waals surface area contributed by atoms with Gasteiger partial charge < -0.3 is 4.74 Å². The smallest absolute Gasteiger partial charge is 0.0643 e. The first-order valence-electron chi connectivity index (χ1n) is 8.25. The highest BCUT2D eigenvalue weighted by Crippen LogP contribution is 2.07. The topological polar surface area (TPSA) is 9.23 Å². The number of hydrogen-bond acceptors (Lipinski definition) is 1. The van der Waals surface area contributed by atoms with Crippen LogP contribution in [0, 0.1) is 0 Å². The highest BCUT2D eigenvalue weighted by molar-refractivity contribution is 5.01. The molecule has 0 N–H and O–H groups in total. The summed E-state index contributed by atoms with van der Waals surface area (Å²) < 4.78 is 4.94. The molecular weight excluding hydrogens is 244 g/mol. The quantitative estimate of drug-likeness (QED) is 0.337. The molecule has 0 unspecified atom stereocenters. The minimum Gasteiger partial charge on any atom is -0.381 e. The summed E-state index contributed by atoms with van der Waals surface area (Å²) in [6, 6.07) is 0. The highest BCUT2D eigenvalue weighted by atomic mass is 16.5. The summed E-state index contributed by atoms with van der Waals surface area (Å²) in [6.45, 7) is 13.1. The van der Waals surface area contributed by atoms with Crippen LogP contribution < -0.4 is 0 Å². The van der Waals surface area contributed by atoms with E-state index >= 15 is 0 Å². The summed E-state index contributed by atoms with van der Waals surface area (Å²) in [4.78, 5) is 0. The van der Waals surface area contributed by atoms with Crippen molar-refractivity contribution in [1.82, 2.24) is 0 Å². The lowest BCUT2D eigenvalue weighted by Gasteiger charge is -1.97. The first-order chi connectivity index (χ1) is 9.81. The van der Waals surface area contributed by atoms with E-state index in [9.17, 15) is 0 Å². The normalized spacial score (nSPS) is 11.1. The third-order valence-electron chi connectivity index (χ3n) is 2.36. The Bertz CT molecular complexity index is 224. The van der Waals surface area contributed by atoms with Gasteiger partial charge in [0, 0.05) is 7.11 Å². The summed E-state index contributed by atoms with van der Waals surface area (Å²) in [5.74, 6) is 0. The first kappa shape index (κ1) is 24.2. The van der Waals surface area contributed by atoms with Gasteiger partial charge in [-0.3, -0.25) is 0 Å². The zero-order valence-corrected chi connectivity index (χ0v) is 15.0. The Morgan fingerprint density at radius 3 is 2.00 bits per heavy atom. The van der Waals surface area contributed by atoms with E-state index in [1.807, 2.05) is 27.7 Å². The Morgan fingerprint density at radius 1 is 0.850 bits per heavy atom. The van der Waals surface area contributed by atoms with Gasteiger partial charge in [-0.1, -0.05) is 70.6 Å². The van der Waals surface area contributed by atoms with Crippen molar-refractivity contribution in [2.24, 2.45) is 0 Å². The Balaban J connectivity index is -0.000000656. The van der Waals surface area contributed by atoms with Crippen LogP contribution in [-0.2, 0) is 4.74 Å². The molecule has 0 aliphatic heterocycles. The van der Waals surface area contributed by atoms with Gasteiger partial charge in [-0.2, -0.15) is 0 Å². The Kier molecular flexibility index (Phi) is 32.3. The van der Waals surface area contributed by atoms with E-state index in [-0.39, 0.29) is 0 Å². The second kappa shape index (κ2) is 26.7. The van der Waals surface area contributed by atoms with Crippen molar-refractivity contribution in [1.29, 1.82) is 0 Å². The van der Waals surface area contributed by atoms with Gasteiger partial charge in [0.25, 0.3) is 0 Å². The molecule has 0 amide bonds. The standard InChI is InChI=1S/C15H26O.2C2H6/c1-4-5-6-7-9-12-15(2)13-10-8-11-14-16-3;2*1-2/h5-6,8,11-12H,4,7,9-10,13-14H2,1-3H3;2*1-2H3/b6-5+,11-8+,15-12+;;. The van der Waals surface area contributed by atoms with Crippen LogP contribution in [0.1, 0.15) is 73.6 Å². The van der Waals surface area contributed by atoms with E-state index < -0.39 is 0 Å². The molecular formula is C19H38O. The second-order valence-electron chi connectivity index (χ2n) is 3.97. The number of hydrogen-bond donors (Lipinski definition) is 0. The molecule has 1 heteroatoms. The molecule has 0 saturated heterocycles. The Hall–Kier alpha value is -0.820. The molecule has 0 radical (unpaired) electrons. The average Bonchev–Trinajstić information content (AvgIpc) is 2.51. The third kappa shape index (κ3) is 25.9. The van der Waals surface area contributed by atoms with Gasteiger partial charge in [0.05, 0.1) is 6.61 Å². The minimum absolute atomic E-state index is 0.727. The van der Waals surface area contributed by atoms with Crippen LogP contribution in [0.25, 0.3) is 0 Å². The Labute approximate surface area is 128 Å².